The first kappa shape index (κ1) is 6.26. The minimum atomic E-state index is 1.38. The number of hydrogen-bond acceptors (Lipinski definition) is 0. The van der Waals surface area contributed by atoms with E-state index in [4.69, 9.17) is 0 Å². The molecular weight excluding hydrogens is 88.1 g/mol. The molecule has 0 aliphatic rings. The molecule has 0 N–H and O–H groups in total. The molecule has 1 heteroatoms. The molecule has 1 radical (unpaired) electrons. The monoisotopic (exact) mass is 97.0 g/mol. The summed E-state index contributed by atoms with van der Waals surface area (Å²) >= 11 is 1.48. The summed E-state index contributed by atoms with van der Waals surface area (Å²) < 4.78 is 1.47. The van der Waals surface area contributed by atoms with Crippen LogP contribution in [0.25, 0.3) is 0 Å². The molecular formula is C4H9Ca. The van der Waals surface area contributed by atoms with Gasteiger partial charge in [-0.3, -0.25) is 0 Å². The van der Waals surface area contributed by atoms with Crippen molar-refractivity contribution in [2.24, 2.45) is 0 Å². The second-order valence-electron chi connectivity index (χ2n) is 1.21. The molecule has 0 rings (SSSR count). The first-order valence-electron chi connectivity index (χ1n) is 2.21. The Morgan fingerprint density at radius 3 is 2.20 bits per heavy atom. The van der Waals surface area contributed by atoms with Gasteiger partial charge in [-0.15, -0.1) is 0 Å². The van der Waals surface area contributed by atoms with Crippen LogP contribution in [0.15, 0.2) is 0 Å². The molecule has 0 aliphatic carbocycles. The van der Waals surface area contributed by atoms with Gasteiger partial charge in [-0.05, 0) is 0 Å². The summed E-state index contributed by atoms with van der Waals surface area (Å²) in [5.41, 5.74) is 0. The second kappa shape index (κ2) is 5.26. The van der Waals surface area contributed by atoms with Crippen LogP contribution in [0.4, 0.5) is 0 Å². The van der Waals surface area contributed by atoms with E-state index in [-0.39, 0.29) is 0 Å². The summed E-state index contributed by atoms with van der Waals surface area (Å²) in [6.45, 7) is 2.23. The molecule has 0 unspecified atom stereocenters. The van der Waals surface area contributed by atoms with E-state index in [1.54, 1.807) is 0 Å². The van der Waals surface area contributed by atoms with Gasteiger partial charge in [0.1, 0.15) is 0 Å². The van der Waals surface area contributed by atoms with Crippen LogP contribution in [0.5, 0.6) is 0 Å². The molecule has 0 aromatic carbocycles. The van der Waals surface area contributed by atoms with Crippen LogP contribution in [-0.2, 0) is 0 Å². The molecule has 0 aromatic heterocycles. The van der Waals surface area contributed by atoms with Gasteiger partial charge in [0.25, 0.3) is 0 Å². The van der Waals surface area contributed by atoms with Gasteiger partial charge in [0.2, 0.25) is 0 Å². The van der Waals surface area contributed by atoms with Gasteiger partial charge in [-0.2, -0.15) is 0 Å². The van der Waals surface area contributed by atoms with Crippen molar-refractivity contribution in [3.63, 3.8) is 0 Å². The summed E-state index contributed by atoms with van der Waals surface area (Å²) in [6.07, 6.45) is 2.82. The Kier molecular flexibility index (Phi) is 6.58. The average Bonchev–Trinajstić information content (AvgIpc) is 1.41. The van der Waals surface area contributed by atoms with E-state index in [1.807, 2.05) is 0 Å². The fourth-order valence-corrected chi connectivity index (χ4v) is 1.03. The van der Waals surface area contributed by atoms with Crippen molar-refractivity contribution in [2.75, 3.05) is 0 Å². The molecule has 0 fully saturated rings. The van der Waals surface area contributed by atoms with E-state index in [9.17, 15) is 0 Å². The van der Waals surface area contributed by atoms with Crippen LogP contribution in [0, 0.1) is 0 Å². The zero-order valence-corrected chi connectivity index (χ0v) is 6.04. The van der Waals surface area contributed by atoms with Crippen LogP contribution in [0.3, 0.4) is 0 Å². The molecule has 0 aliphatic heterocycles. The molecule has 27 valence electrons. The third kappa shape index (κ3) is 5.26. The van der Waals surface area contributed by atoms with Gasteiger partial charge in [0.05, 0.1) is 0 Å². The van der Waals surface area contributed by atoms with Crippen LogP contribution >= 0.6 is 0 Å². The van der Waals surface area contributed by atoms with E-state index in [1.165, 1.54) is 51.1 Å². The van der Waals surface area contributed by atoms with Crippen LogP contribution in [-0.4, -0.2) is 35.8 Å². The number of rotatable bonds is 2. The fourth-order valence-electron chi connectivity index (χ4n) is 0.250. The summed E-state index contributed by atoms with van der Waals surface area (Å²) in [7, 11) is 0. The number of unbranched alkanes of at least 4 members (excludes halogenated alkanes) is 1. The van der Waals surface area contributed by atoms with Crippen molar-refractivity contribution in [3.05, 3.63) is 0 Å². The van der Waals surface area contributed by atoms with E-state index >= 15 is 0 Å². The predicted octanol–water partition coefficient (Wildman–Crippen LogP) is 1.37. The van der Waals surface area contributed by atoms with Gasteiger partial charge in [0.15, 0.2) is 0 Å². The standard InChI is InChI=1S/C4H9.Ca/c1-3-4-2;/h1,3-4H2,2H3;. The van der Waals surface area contributed by atoms with Crippen molar-refractivity contribution in [1.82, 2.24) is 0 Å². The predicted molar refractivity (Wildman–Crippen MR) is 25.5 cm³/mol. The van der Waals surface area contributed by atoms with Gasteiger partial charge >= 0.3 is 58.1 Å². The zero-order valence-electron chi connectivity index (χ0n) is 3.83. The molecule has 0 bridgehead atoms. The fraction of sp³-hybridized carbons (Fsp3) is 1.00. The maximum absolute atomic E-state index is 2.23. The molecule has 0 heterocycles. The molecule has 0 atom stereocenters. The Labute approximate surface area is 57.6 Å². The SMILES string of the molecule is CCC[CH2][Ca]. The normalized spacial score (nSPS) is 8.00. The summed E-state index contributed by atoms with van der Waals surface area (Å²) in [5, 5.41) is 0. The molecule has 0 saturated heterocycles. The van der Waals surface area contributed by atoms with E-state index in [0.29, 0.717) is 0 Å². The Morgan fingerprint density at radius 1 is 1.60 bits per heavy atom. The van der Waals surface area contributed by atoms with Gasteiger partial charge in [-0.1, -0.05) is 0 Å². The van der Waals surface area contributed by atoms with Crippen molar-refractivity contribution >= 4 is 35.8 Å². The topological polar surface area (TPSA) is 0 Å². The summed E-state index contributed by atoms with van der Waals surface area (Å²) in [4.78, 5) is 0. The Balaban J connectivity index is 2.19. The van der Waals surface area contributed by atoms with Gasteiger partial charge in [0, 0.05) is 0 Å². The Bertz CT molecular complexity index is 11.1. The van der Waals surface area contributed by atoms with Gasteiger partial charge < -0.3 is 0 Å². The second-order valence-corrected chi connectivity index (χ2v) is 2.31. The molecule has 0 amide bonds. The summed E-state index contributed by atoms with van der Waals surface area (Å²) in [5.74, 6) is 0. The van der Waals surface area contributed by atoms with Crippen LogP contribution < -0.4 is 0 Å². The van der Waals surface area contributed by atoms with Crippen molar-refractivity contribution in [3.8, 4) is 0 Å². The molecule has 0 saturated carbocycles. The van der Waals surface area contributed by atoms with Crippen molar-refractivity contribution in [2.45, 2.75) is 22.3 Å². The summed E-state index contributed by atoms with van der Waals surface area (Å²) in [6, 6.07) is 0. The Hall–Kier alpha value is 1.26. The van der Waals surface area contributed by atoms with E-state index in [2.05, 4.69) is 6.92 Å². The molecule has 0 spiro atoms. The number of hydrogen-bond donors (Lipinski definition) is 0. The minimum absolute atomic E-state index is 1.38. The molecule has 0 nitrogen and oxygen atoms in total. The first-order chi connectivity index (χ1) is 2.41. The third-order valence-corrected chi connectivity index (χ3v) is 1.38. The third-order valence-electron chi connectivity index (χ3n) is 0.604. The van der Waals surface area contributed by atoms with Crippen molar-refractivity contribution in [1.29, 1.82) is 0 Å². The van der Waals surface area contributed by atoms with Crippen LogP contribution in [0.2, 0.25) is 2.52 Å². The Morgan fingerprint density at radius 2 is 2.20 bits per heavy atom. The van der Waals surface area contributed by atoms with Crippen molar-refractivity contribution < 1.29 is 0 Å². The average molecular weight is 97.2 g/mol. The van der Waals surface area contributed by atoms with E-state index in [0.717, 1.165) is 0 Å². The van der Waals surface area contributed by atoms with Gasteiger partial charge in [-0.25, -0.2) is 0 Å². The quantitative estimate of drug-likeness (QED) is 0.456. The molecule has 5 heavy (non-hydrogen) atoms. The van der Waals surface area contributed by atoms with Crippen LogP contribution in [0.1, 0.15) is 19.8 Å². The molecule has 0 aromatic rings. The zero-order chi connectivity index (χ0) is 4.12. The van der Waals surface area contributed by atoms with E-state index < -0.39 is 0 Å². The maximum atomic E-state index is 2.23. The first-order valence-corrected chi connectivity index (χ1v) is 3.77.